The standard InChI is InChI=1S/C26H29N5O2/c1-18(2)22-8-10-24(11-9-22)33-17-30-13-12-25(29-30)26(32)27-23-7-5-6-21(15-23)16-31-20(4)14-19(3)28-31/h5-15,18H,16-17H2,1-4H3,(H,27,32). The molecule has 2 aromatic carbocycles. The molecule has 2 aromatic heterocycles. The molecule has 0 atom stereocenters. The molecule has 1 N–H and O–H groups in total. The Hall–Kier alpha value is -3.87. The molecule has 1 amide bonds. The van der Waals surface area contributed by atoms with Crippen molar-refractivity contribution in [3.63, 3.8) is 0 Å². The van der Waals surface area contributed by atoms with E-state index in [1.807, 2.05) is 61.0 Å². The van der Waals surface area contributed by atoms with Gasteiger partial charge in [0.15, 0.2) is 12.4 Å². The molecule has 4 rings (SSSR count). The van der Waals surface area contributed by atoms with Crippen molar-refractivity contribution in [1.29, 1.82) is 0 Å². The molecule has 2 heterocycles. The topological polar surface area (TPSA) is 74.0 Å². The monoisotopic (exact) mass is 443 g/mol. The Morgan fingerprint density at radius 2 is 1.82 bits per heavy atom. The first-order chi connectivity index (χ1) is 15.9. The van der Waals surface area contributed by atoms with Gasteiger partial charge >= 0.3 is 0 Å². The second-order valence-corrected chi connectivity index (χ2v) is 8.48. The maximum Gasteiger partial charge on any atom is 0.276 e. The lowest BCUT2D eigenvalue weighted by molar-refractivity contribution is 0.102. The average molecular weight is 444 g/mol. The van der Waals surface area contributed by atoms with Crippen molar-refractivity contribution in [2.75, 3.05) is 5.32 Å². The molecule has 0 radical (unpaired) electrons. The predicted octanol–water partition coefficient (Wildman–Crippen LogP) is 5.16. The lowest BCUT2D eigenvalue weighted by Crippen LogP contribution is -2.14. The van der Waals surface area contributed by atoms with Gasteiger partial charge in [0.25, 0.3) is 5.91 Å². The van der Waals surface area contributed by atoms with Crippen LogP contribution in [0.15, 0.2) is 66.9 Å². The summed E-state index contributed by atoms with van der Waals surface area (Å²) < 4.78 is 9.34. The van der Waals surface area contributed by atoms with Gasteiger partial charge in [0.1, 0.15) is 5.75 Å². The Morgan fingerprint density at radius 3 is 2.52 bits per heavy atom. The molecular weight excluding hydrogens is 414 g/mol. The largest absolute Gasteiger partial charge is 0.471 e. The van der Waals surface area contributed by atoms with Gasteiger partial charge in [-0.1, -0.05) is 38.1 Å². The Morgan fingerprint density at radius 1 is 1.03 bits per heavy atom. The van der Waals surface area contributed by atoms with E-state index in [1.54, 1.807) is 16.9 Å². The molecule has 0 aliphatic rings. The number of aromatic nitrogens is 4. The molecule has 0 saturated heterocycles. The van der Waals surface area contributed by atoms with Crippen molar-refractivity contribution < 1.29 is 9.53 Å². The van der Waals surface area contributed by atoms with E-state index in [4.69, 9.17) is 4.74 Å². The van der Waals surface area contributed by atoms with Crippen molar-refractivity contribution >= 4 is 11.6 Å². The van der Waals surface area contributed by atoms with Gasteiger partial charge in [0.2, 0.25) is 0 Å². The third-order valence-electron chi connectivity index (χ3n) is 5.40. The van der Waals surface area contributed by atoms with Gasteiger partial charge in [0.05, 0.1) is 12.2 Å². The minimum atomic E-state index is -0.265. The van der Waals surface area contributed by atoms with Crippen LogP contribution in [0.3, 0.4) is 0 Å². The Labute approximate surface area is 194 Å². The van der Waals surface area contributed by atoms with Crippen molar-refractivity contribution in [2.45, 2.75) is 46.9 Å². The molecule has 0 bridgehead atoms. The maximum absolute atomic E-state index is 12.7. The van der Waals surface area contributed by atoms with E-state index in [2.05, 4.69) is 41.5 Å². The van der Waals surface area contributed by atoms with E-state index in [0.29, 0.717) is 18.2 Å². The average Bonchev–Trinajstić information content (AvgIpc) is 3.39. The van der Waals surface area contributed by atoms with Gasteiger partial charge in [0, 0.05) is 17.6 Å². The van der Waals surface area contributed by atoms with Crippen LogP contribution in [0.25, 0.3) is 0 Å². The van der Waals surface area contributed by atoms with Gasteiger partial charge in [-0.2, -0.15) is 10.2 Å². The van der Waals surface area contributed by atoms with Crippen LogP contribution in [0.1, 0.15) is 52.8 Å². The molecule has 4 aromatic rings. The molecule has 0 fully saturated rings. The van der Waals surface area contributed by atoms with Crippen LogP contribution in [0.4, 0.5) is 5.69 Å². The fourth-order valence-corrected chi connectivity index (χ4v) is 3.59. The SMILES string of the molecule is Cc1cc(C)n(Cc2cccc(NC(=O)c3ccn(COc4ccc(C(C)C)cc4)n3)c2)n1. The molecule has 0 unspecified atom stereocenters. The molecule has 0 aliphatic carbocycles. The zero-order valence-electron chi connectivity index (χ0n) is 19.4. The minimum Gasteiger partial charge on any atom is -0.471 e. The fraction of sp³-hybridized carbons (Fsp3) is 0.269. The number of hydrogen-bond donors (Lipinski definition) is 1. The smallest absolute Gasteiger partial charge is 0.276 e. The second kappa shape index (κ2) is 9.73. The van der Waals surface area contributed by atoms with Crippen molar-refractivity contribution in [2.24, 2.45) is 0 Å². The summed E-state index contributed by atoms with van der Waals surface area (Å²) in [6, 6.07) is 19.5. The van der Waals surface area contributed by atoms with Gasteiger partial charge in [-0.15, -0.1) is 0 Å². The summed E-state index contributed by atoms with van der Waals surface area (Å²) in [5.41, 5.74) is 5.46. The van der Waals surface area contributed by atoms with Crippen molar-refractivity contribution in [3.8, 4) is 5.75 Å². The first-order valence-electron chi connectivity index (χ1n) is 11.0. The first kappa shape index (κ1) is 22.3. The van der Waals surface area contributed by atoms with E-state index >= 15 is 0 Å². The van der Waals surface area contributed by atoms with Crippen molar-refractivity contribution in [1.82, 2.24) is 19.6 Å². The number of anilines is 1. The number of aryl methyl sites for hydroxylation is 2. The number of nitrogens with zero attached hydrogens (tertiary/aromatic N) is 4. The quantitative estimate of drug-likeness (QED) is 0.408. The van der Waals surface area contributed by atoms with Crippen LogP contribution in [0.2, 0.25) is 0 Å². The highest BCUT2D eigenvalue weighted by molar-refractivity contribution is 6.02. The number of benzene rings is 2. The van der Waals surface area contributed by atoms with Crippen LogP contribution >= 0.6 is 0 Å². The summed E-state index contributed by atoms with van der Waals surface area (Å²) in [5.74, 6) is 0.976. The molecule has 7 heteroatoms. The molecule has 170 valence electrons. The highest BCUT2D eigenvalue weighted by Crippen LogP contribution is 2.19. The number of amides is 1. The number of carbonyl (C=O) groups is 1. The molecular formula is C26H29N5O2. The van der Waals surface area contributed by atoms with Crippen LogP contribution < -0.4 is 10.1 Å². The van der Waals surface area contributed by atoms with Crippen molar-refractivity contribution in [3.05, 3.63) is 95.1 Å². The van der Waals surface area contributed by atoms with Crippen LogP contribution in [-0.4, -0.2) is 25.5 Å². The first-order valence-corrected chi connectivity index (χ1v) is 11.0. The molecule has 0 saturated carbocycles. The van der Waals surface area contributed by atoms with E-state index < -0.39 is 0 Å². The summed E-state index contributed by atoms with van der Waals surface area (Å²) >= 11 is 0. The highest BCUT2D eigenvalue weighted by atomic mass is 16.5. The Kier molecular flexibility index (Phi) is 6.58. The number of ether oxygens (including phenoxy) is 1. The minimum absolute atomic E-state index is 0.229. The summed E-state index contributed by atoms with van der Waals surface area (Å²) in [6.07, 6.45) is 1.73. The van der Waals surface area contributed by atoms with E-state index in [9.17, 15) is 4.79 Å². The summed E-state index contributed by atoms with van der Waals surface area (Å²) in [4.78, 5) is 12.7. The fourth-order valence-electron chi connectivity index (χ4n) is 3.59. The zero-order valence-corrected chi connectivity index (χ0v) is 19.4. The van der Waals surface area contributed by atoms with E-state index in [0.717, 1.165) is 28.4 Å². The highest BCUT2D eigenvalue weighted by Gasteiger charge is 2.11. The van der Waals surface area contributed by atoms with Crippen LogP contribution in [0, 0.1) is 13.8 Å². The Balaban J connectivity index is 1.35. The predicted molar refractivity (Wildman–Crippen MR) is 129 cm³/mol. The van der Waals surface area contributed by atoms with Gasteiger partial charge < -0.3 is 10.1 Å². The third kappa shape index (κ3) is 5.68. The zero-order chi connectivity index (χ0) is 23.4. The number of rotatable bonds is 8. The number of nitrogens with one attached hydrogen (secondary N) is 1. The second-order valence-electron chi connectivity index (χ2n) is 8.48. The normalized spacial score (nSPS) is 11.1. The molecule has 0 spiro atoms. The van der Waals surface area contributed by atoms with Gasteiger partial charge in [-0.25, -0.2) is 4.68 Å². The van der Waals surface area contributed by atoms with Gasteiger partial charge in [-0.3, -0.25) is 9.48 Å². The molecule has 0 aliphatic heterocycles. The Bertz CT molecular complexity index is 1240. The number of hydrogen-bond acceptors (Lipinski definition) is 4. The summed E-state index contributed by atoms with van der Waals surface area (Å²) in [5, 5.41) is 11.8. The lowest BCUT2D eigenvalue weighted by atomic mass is 10.0. The van der Waals surface area contributed by atoms with Gasteiger partial charge in [-0.05, 0) is 67.3 Å². The molecule has 7 nitrogen and oxygen atoms in total. The molecule has 33 heavy (non-hydrogen) atoms. The third-order valence-corrected chi connectivity index (χ3v) is 5.40. The van der Waals surface area contributed by atoms with E-state index in [1.165, 1.54) is 5.56 Å². The van der Waals surface area contributed by atoms with Crippen LogP contribution in [0.5, 0.6) is 5.75 Å². The van der Waals surface area contributed by atoms with E-state index in [-0.39, 0.29) is 12.6 Å². The summed E-state index contributed by atoms with van der Waals surface area (Å²) in [7, 11) is 0. The number of carbonyl (C=O) groups excluding carboxylic acids is 1. The van der Waals surface area contributed by atoms with Crippen LogP contribution in [-0.2, 0) is 13.3 Å². The maximum atomic E-state index is 12.7. The summed E-state index contributed by atoms with van der Waals surface area (Å²) in [6.45, 7) is 9.20. The lowest BCUT2D eigenvalue weighted by Gasteiger charge is -2.09.